The molecule has 30 heavy (non-hydrogen) atoms. The van der Waals surface area contributed by atoms with E-state index in [0.717, 1.165) is 6.42 Å². The first-order valence-corrected chi connectivity index (χ1v) is 10.1. The SMILES string of the molecule is CCCCN1C(=O)C(=O)/C(=C(\O)c2cccc(OC(C)C)c2)C1c1ccccc1F. The van der Waals surface area contributed by atoms with E-state index in [4.69, 9.17) is 4.74 Å². The van der Waals surface area contributed by atoms with E-state index >= 15 is 0 Å². The summed E-state index contributed by atoms with van der Waals surface area (Å²) in [7, 11) is 0. The molecule has 1 N–H and O–H groups in total. The van der Waals surface area contributed by atoms with Gasteiger partial charge in [-0.25, -0.2) is 4.39 Å². The van der Waals surface area contributed by atoms with Crippen molar-refractivity contribution in [3.63, 3.8) is 0 Å². The van der Waals surface area contributed by atoms with Crippen molar-refractivity contribution in [3.8, 4) is 5.75 Å². The molecule has 0 radical (unpaired) electrons. The quantitative estimate of drug-likeness (QED) is 0.402. The molecule has 2 aromatic rings. The van der Waals surface area contributed by atoms with Crippen molar-refractivity contribution < 1.29 is 23.8 Å². The maximum Gasteiger partial charge on any atom is 0.295 e. The number of nitrogens with zero attached hydrogens (tertiary/aromatic N) is 1. The Morgan fingerprint density at radius 2 is 1.90 bits per heavy atom. The maximum atomic E-state index is 14.7. The fraction of sp³-hybridized carbons (Fsp3) is 0.333. The van der Waals surface area contributed by atoms with Gasteiger partial charge in [-0.05, 0) is 38.5 Å². The van der Waals surface area contributed by atoms with Crippen LogP contribution in [0, 0.1) is 5.82 Å². The summed E-state index contributed by atoms with van der Waals surface area (Å²) in [5.74, 6) is -1.89. The molecule has 1 heterocycles. The molecule has 1 unspecified atom stereocenters. The van der Waals surface area contributed by atoms with Crippen molar-refractivity contribution in [1.82, 2.24) is 4.90 Å². The van der Waals surface area contributed by atoms with Gasteiger partial charge in [-0.2, -0.15) is 0 Å². The van der Waals surface area contributed by atoms with Crippen molar-refractivity contribution in [2.75, 3.05) is 6.54 Å². The summed E-state index contributed by atoms with van der Waals surface area (Å²) < 4.78 is 20.3. The summed E-state index contributed by atoms with van der Waals surface area (Å²) in [6, 6.07) is 11.7. The maximum absolute atomic E-state index is 14.7. The number of ketones is 1. The van der Waals surface area contributed by atoms with Crippen LogP contribution in [0.15, 0.2) is 54.1 Å². The molecule has 2 aromatic carbocycles. The van der Waals surface area contributed by atoms with Crippen LogP contribution in [0.1, 0.15) is 50.8 Å². The van der Waals surface area contributed by atoms with Gasteiger partial charge in [0.15, 0.2) is 0 Å². The number of likely N-dealkylation sites (tertiary alicyclic amines) is 1. The van der Waals surface area contributed by atoms with Crippen LogP contribution in [0.4, 0.5) is 4.39 Å². The van der Waals surface area contributed by atoms with Crippen molar-refractivity contribution >= 4 is 17.4 Å². The highest BCUT2D eigenvalue weighted by atomic mass is 19.1. The van der Waals surface area contributed by atoms with Crippen LogP contribution >= 0.6 is 0 Å². The lowest BCUT2D eigenvalue weighted by Crippen LogP contribution is -2.31. The standard InChI is InChI=1S/C24H26FNO4/c1-4-5-13-26-21(18-11-6-7-12-19(18)25)20(23(28)24(26)29)22(27)16-9-8-10-17(14-16)30-15(2)3/h6-12,14-15,21,27H,4-5,13H2,1-3H3/b22-20-. The highest BCUT2D eigenvalue weighted by Gasteiger charge is 2.46. The highest BCUT2D eigenvalue weighted by Crippen LogP contribution is 2.40. The number of carbonyl (C=O) groups excluding carboxylic acids is 2. The second kappa shape index (κ2) is 9.11. The zero-order valence-electron chi connectivity index (χ0n) is 17.4. The molecule has 1 amide bonds. The number of halogens is 1. The third-order valence-electron chi connectivity index (χ3n) is 4.97. The van der Waals surface area contributed by atoms with Crippen LogP contribution < -0.4 is 4.74 Å². The number of amides is 1. The van der Waals surface area contributed by atoms with Crippen molar-refractivity contribution in [2.24, 2.45) is 0 Å². The van der Waals surface area contributed by atoms with Gasteiger partial charge in [0.1, 0.15) is 17.3 Å². The van der Waals surface area contributed by atoms with Gasteiger partial charge in [-0.15, -0.1) is 0 Å². The molecule has 0 aromatic heterocycles. The molecule has 1 saturated heterocycles. The number of Topliss-reactive ketones (excluding diaryl/α,β-unsaturated/α-hetero) is 1. The first-order valence-electron chi connectivity index (χ1n) is 10.1. The van der Waals surface area contributed by atoms with E-state index < -0.39 is 23.5 Å². The van der Waals surface area contributed by atoms with E-state index in [1.807, 2.05) is 20.8 Å². The Labute approximate surface area is 175 Å². The van der Waals surface area contributed by atoms with Crippen LogP contribution in [0.2, 0.25) is 0 Å². The molecular formula is C24H26FNO4. The Kier molecular flexibility index (Phi) is 6.55. The van der Waals surface area contributed by atoms with Gasteiger partial charge in [-0.1, -0.05) is 43.7 Å². The van der Waals surface area contributed by atoms with Gasteiger partial charge in [-0.3, -0.25) is 9.59 Å². The summed E-state index contributed by atoms with van der Waals surface area (Å²) in [4.78, 5) is 27.0. The largest absolute Gasteiger partial charge is 0.507 e. The van der Waals surface area contributed by atoms with E-state index in [0.29, 0.717) is 24.3 Å². The van der Waals surface area contributed by atoms with Crippen LogP contribution in [-0.2, 0) is 9.59 Å². The molecule has 1 fully saturated rings. The third kappa shape index (κ3) is 4.22. The predicted octanol–water partition coefficient (Wildman–Crippen LogP) is 4.83. The Morgan fingerprint density at radius 1 is 1.17 bits per heavy atom. The number of aliphatic hydroxyl groups excluding tert-OH is 1. The van der Waals surface area contributed by atoms with Crippen LogP contribution in [0.3, 0.4) is 0 Å². The van der Waals surface area contributed by atoms with E-state index in [2.05, 4.69) is 0 Å². The molecule has 1 atom stereocenters. The summed E-state index contributed by atoms with van der Waals surface area (Å²) in [6.45, 7) is 6.02. The molecule has 1 aliphatic heterocycles. The summed E-state index contributed by atoms with van der Waals surface area (Å²) in [5, 5.41) is 11.0. The second-order valence-corrected chi connectivity index (χ2v) is 7.56. The molecule has 3 rings (SSSR count). The van der Waals surface area contributed by atoms with Crippen molar-refractivity contribution in [2.45, 2.75) is 45.8 Å². The number of aliphatic hydroxyl groups is 1. The zero-order valence-corrected chi connectivity index (χ0v) is 17.4. The minimum Gasteiger partial charge on any atom is -0.507 e. The third-order valence-corrected chi connectivity index (χ3v) is 4.97. The number of hydrogen-bond donors (Lipinski definition) is 1. The normalized spacial score (nSPS) is 18.3. The lowest BCUT2D eigenvalue weighted by atomic mass is 9.95. The van der Waals surface area contributed by atoms with Crippen LogP contribution in [0.5, 0.6) is 5.75 Å². The van der Waals surface area contributed by atoms with Gasteiger partial charge >= 0.3 is 0 Å². The lowest BCUT2D eigenvalue weighted by Gasteiger charge is -2.25. The van der Waals surface area contributed by atoms with Gasteiger partial charge < -0.3 is 14.7 Å². The number of rotatable bonds is 7. The van der Waals surface area contributed by atoms with Gasteiger partial charge in [0.2, 0.25) is 0 Å². The lowest BCUT2D eigenvalue weighted by molar-refractivity contribution is -0.139. The van der Waals surface area contributed by atoms with E-state index in [1.165, 1.54) is 17.0 Å². The summed E-state index contributed by atoms with van der Waals surface area (Å²) in [6.07, 6.45) is 1.40. The molecule has 1 aliphatic rings. The monoisotopic (exact) mass is 411 g/mol. The Morgan fingerprint density at radius 3 is 2.57 bits per heavy atom. The van der Waals surface area contributed by atoms with Crippen molar-refractivity contribution in [3.05, 3.63) is 71.0 Å². The molecule has 6 heteroatoms. The van der Waals surface area contributed by atoms with Gasteiger partial charge in [0.25, 0.3) is 11.7 Å². The average Bonchev–Trinajstić information content (AvgIpc) is 2.96. The van der Waals surface area contributed by atoms with Gasteiger partial charge in [0.05, 0.1) is 17.7 Å². The Hall–Kier alpha value is -3.15. The molecule has 158 valence electrons. The van der Waals surface area contributed by atoms with Crippen molar-refractivity contribution in [1.29, 1.82) is 0 Å². The van der Waals surface area contributed by atoms with Crippen LogP contribution in [0.25, 0.3) is 5.76 Å². The zero-order chi connectivity index (χ0) is 21.8. The molecular weight excluding hydrogens is 385 g/mol. The first kappa shape index (κ1) is 21.6. The fourth-order valence-corrected chi connectivity index (χ4v) is 3.60. The summed E-state index contributed by atoms with van der Waals surface area (Å²) in [5.41, 5.74) is 0.412. The first-order chi connectivity index (χ1) is 14.3. The Bertz CT molecular complexity index is 983. The minimum atomic E-state index is -0.979. The second-order valence-electron chi connectivity index (χ2n) is 7.56. The van der Waals surface area contributed by atoms with E-state index in [9.17, 15) is 19.1 Å². The molecule has 0 spiro atoms. The van der Waals surface area contributed by atoms with Gasteiger partial charge in [0, 0.05) is 17.7 Å². The van der Waals surface area contributed by atoms with Crippen LogP contribution in [-0.4, -0.2) is 34.3 Å². The summed E-state index contributed by atoms with van der Waals surface area (Å²) >= 11 is 0. The number of unbranched alkanes of at least 4 members (excludes halogenated alkanes) is 1. The minimum absolute atomic E-state index is 0.0690. The highest BCUT2D eigenvalue weighted by molar-refractivity contribution is 6.46. The molecule has 0 aliphatic carbocycles. The Balaban J connectivity index is 2.15. The molecule has 0 bridgehead atoms. The fourth-order valence-electron chi connectivity index (χ4n) is 3.60. The van der Waals surface area contributed by atoms with E-state index in [-0.39, 0.29) is 23.0 Å². The number of carbonyl (C=O) groups is 2. The molecule has 0 saturated carbocycles. The smallest absolute Gasteiger partial charge is 0.295 e. The number of ether oxygens (including phenoxy) is 1. The number of hydrogen-bond acceptors (Lipinski definition) is 4. The van der Waals surface area contributed by atoms with E-state index in [1.54, 1.807) is 36.4 Å². The number of benzene rings is 2. The predicted molar refractivity (Wildman–Crippen MR) is 113 cm³/mol. The topological polar surface area (TPSA) is 66.8 Å². The molecule has 5 nitrogen and oxygen atoms in total. The average molecular weight is 411 g/mol.